The average Bonchev–Trinajstić information content (AvgIpc) is 2.98. The van der Waals surface area contributed by atoms with Gasteiger partial charge in [-0.2, -0.15) is 0 Å². The minimum atomic E-state index is -1.79. The lowest BCUT2D eigenvalue weighted by Crippen LogP contribution is -2.71. The number of benzene rings is 1. The Balaban J connectivity index is 1.52. The highest BCUT2D eigenvalue weighted by atomic mass is 16.6. The Morgan fingerprint density at radius 2 is 1.74 bits per heavy atom. The summed E-state index contributed by atoms with van der Waals surface area (Å²) in [6.07, 6.45) is -3.21. The second-order valence-electron chi connectivity index (χ2n) is 15.9. The maximum Gasteiger partial charge on any atom is 0.408 e. The van der Waals surface area contributed by atoms with Gasteiger partial charge in [-0.15, -0.1) is 0 Å². The Morgan fingerprint density at radius 3 is 2.30 bits per heavy atom. The minimum absolute atomic E-state index is 0.0498. The van der Waals surface area contributed by atoms with Crippen LogP contribution >= 0.6 is 0 Å². The lowest BCUT2D eigenvalue weighted by Gasteiger charge is -2.65. The molecular weight excluding hydrogens is 602 g/mol. The molecule has 5 rings (SSSR count). The molecule has 11 atom stereocenters. The van der Waals surface area contributed by atoms with E-state index in [1.165, 1.54) is 0 Å². The number of hydrogen-bond donors (Lipinski definition) is 3. The molecule has 260 valence electrons. The zero-order valence-corrected chi connectivity index (χ0v) is 29.5. The molecule has 1 aromatic rings. The standard InChI is InChI=1S/C37H53NO9/c1-19-25(46-32(41)30(39)29(22-14-12-11-13-15-22)38-33(42)47-34(4,5)6)17-37(43)21(3)28-23-18-45-24(23)16-26(44-10)36(28,9)31(40)20(2)27(19)35(37,7)8/h11-15,20-21,23-26,28-30,39,43H,16-18H2,1-10H3,(H,38,42)/t20-,21?,23?,24-,25+,26+,28?,29+,30?,36-,37?/m1/s1. The molecular formula is C37H53NO9. The van der Waals surface area contributed by atoms with Crippen LogP contribution in [0.5, 0.6) is 0 Å². The van der Waals surface area contributed by atoms with Crippen molar-refractivity contribution in [2.45, 2.75) is 117 Å². The Morgan fingerprint density at radius 1 is 1.11 bits per heavy atom. The summed E-state index contributed by atoms with van der Waals surface area (Å²) >= 11 is 0. The first-order valence-corrected chi connectivity index (χ1v) is 16.8. The zero-order valence-electron chi connectivity index (χ0n) is 29.5. The van der Waals surface area contributed by atoms with Crippen molar-refractivity contribution in [1.82, 2.24) is 5.32 Å². The average molecular weight is 656 g/mol. The maximum atomic E-state index is 14.7. The molecule has 0 aromatic heterocycles. The van der Waals surface area contributed by atoms with E-state index < -0.39 is 64.2 Å². The molecule has 1 amide bonds. The molecule has 0 radical (unpaired) electrons. The SMILES string of the molecule is CO[C@H]1C[C@H]2OCC2C2C(C)C3(O)C[C@H](OC(=O)C(O)[C@@H](NC(=O)OC(C)(C)C)c4ccccc4)C(C)=C([C@@H](C)C(=O)[C@@]21C)C3(C)C. The number of methoxy groups -OCH3 is 1. The van der Waals surface area contributed by atoms with E-state index in [0.717, 1.165) is 5.57 Å². The predicted octanol–water partition coefficient (Wildman–Crippen LogP) is 4.91. The van der Waals surface area contributed by atoms with Gasteiger partial charge in [-0.05, 0) is 63.2 Å². The summed E-state index contributed by atoms with van der Waals surface area (Å²) in [7, 11) is 1.64. The summed E-state index contributed by atoms with van der Waals surface area (Å²) in [5, 5.41) is 27.0. The molecule has 3 N–H and O–H groups in total. The van der Waals surface area contributed by atoms with Crippen LogP contribution in [0, 0.1) is 34.5 Å². The maximum absolute atomic E-state index is 14.7. The number of nitrogens with one attached hydrogen (secondary N) is 1. The molecule has 3 aliphatic carbocycles. The normalized spacial score (nSPS) is 37.6. The third kappa shape index (κ3) is 5.73. The molecule has 1 aromatic carbocycles. The fourth-order valence-corrected chi connectivity index (χ4v) is 9.63. The first-order chi connectivity index (χ1) is 21.8. The van der Waals surface area contributed by atoms with E-state index in [1.807, 2.05) is 41.5 Å². The highest BCUT2D eigenvalue weighted by molar-refractivity contribution is 5.91. The molecule has 1 saturated heterocycles. The topological polar surface area (TPSA) is 141 Å². The van der Waals surface area contributed by atoms with Crippen molar-refractivity contribution in [3.05, 3.63) is 47.0 Å². The molecule has 1 heterocycles. The highest BCUT2D eigenvalue weighted by Crippen LogP contribution is 2.64. The predicted molar refractivity (Wildman–Crippen MR) is 174 cm³/mol. The molecule has 10 nitrogen and oxygen atoms in total. The summed E-state index contributed by atoms with van der Waals surface area (Å²) in [4.78, 5) is 41.3. The molecule has 2 saturated carbocycles. The molecule has 10 heteroatoms. The number of rotatable bonds is 6. The molecule has 47 heavy (non-hydrogen) atoms. The number of esters is 1. The molecule has 1 aliphatic heterocycles. The molecule has 3 fully saturated rings. The second-order valence-corrected chi connectivity index (χ2v) is 15.9. The van der Waals surface area contributed by atoms with Crippen molar-refractivity contribution in [3.63, 3.8) is 0 Å². The number of Topliss-reactive ketones (excluding diaryl/α,β-unsaturated/α-hetero) is 1. The number of hydrogen-bond acceptors (Lipinski definition) is 9. The van der Waals surface area contributed by atoms with E-state index in [4.69, 9.17) is 18.9 Å². The van der Waals surface area contributed by atoms with Gasteiger partial charge in [0, 0.05) is 37.2 Å². The van der Waals surface area contributed by atoms with Gasteiger partial charge in [-0.1, -0.05) is 58.0 Å². The third-order valence-electron chi connectivity index (χ3n) is 12.0. The van der Waals surface area contributed by atoms with Crippen molar-refractivity contribution >= 4 is 17.8 Å². The number of amides is 1. The van der Waals surface area contributed by atoms with Gasteiger partial charge in [0.05, 0.1) is 35.9 Å². The van der Waals surface area contributed by atoms with Crippen molar-refractivity contribution in [2.24, 2.45) is 34.5 Å². The van der Waals surface area contributed by atoms with Crippen LogP contribution in [0.4, 0.5) is 4.79 Å². The lowest BCUT2D eigenvalue weighted by molar-refractivity contribution is -0.262. The van der Waals surface area contributed by atoms with Crippen LogP contribution in [0.25, 0.3) is 0 Å². The van der Waals surface area contributed by atoms with Crippen LogP contribution in [0.1, 0.15) is 86.8 Å². The van der Waals surface area contributed by atoms with Gasteiger partial charge in [-0.25, -0.2) is 9.59 Å². The van der Waals surface area contributed by atoms with E-state index in [2.05, 4.69) is 5.32 Å². The van der Waals surface area contributed by atoms with E-state index >= 15 is 0 Å². The van der Waals surface area contributed by atoms with Gasteiger partial charge >= 0.3 is 12.1 Å². The van der Waals surface area contributed by atoms with Crippen LogP contribution in [0.15, 0.2) is 41.5 Å². The number of aliphatic hydroxyl groups is 2. The molecule has 4 aliphatic rings. The molecule has 5 unspecified atom stereocenters. The quantitative estimate of drug-likeness (QED) is 0.288. The number of aliphatic hydroxyl groups excluding tert-OH is 1. The van der Waals surface area contributed by atoms with Crippen LogP contribution in [0.2, 0.25) is 0 Å². The Bertz CT molecular complexity index is 1420. The molecule has 0 spiro atoms. The van der Waals surface area contributed by atoms with Gasteiger partial charge in [0.25, 0.3) is 0 Å². The Labute approximate surface area is 278 Å². The van der Waals surface area contributed by atoms with Gasteiger partial charge in [0.2, 0.25) is 0 Å². The third-order valence-corrected chi connectivity index (χ3v) is 12.0. The van der Waals surface area contributed by atoms with Gasteiger partial charge in [0.15, 0.2) is 6.10 Å². The largest absolute Gasteiger partial charge is 0.456 e. The first-order valence-electron chi connectivity index (χ1n) is 16.8. The highest BCUT2D eigenvalue weighted by Gasteiger charge is 2.69. The number of ether oxygens (including phenoxy) is 4. The Hall–Kier alpha value is -2.79. The fourth-order valence-electron chi connectivity index (χ4n) is 9.63. The monoisotopic (exact) mass is 655 g/mol. The zero-order chi connectivity index (χ0) is 34.9. The van der Waals surface area contributed by atoms with Gasteiger partial charge in [0.1, 0.15) is 17.5 Å². The number of carbonyl (C=O) groups is 3. The summed E-state index contributed by atoms with van der Waals surface area (Å²) in [5.74, 6) is -2.05. The lowest BCUT2D eigenvalue weighted by atomic mass is 9.43. The van der Waals surface area contributed by atoms with E-state index in [-0.39, 0.29) is 36.2 Å². The number of alkyl carbamates (subject to hydrolysis) is 1. The summed E-state index contributed by atoms with van der Waals surface area (Å²) in [6, 6.07) is 7.49. The van der Waals surface area contributed by atoms with Crippen LogP contribution in [-0.4, -0.2) is 77.4 Å². The van der Waals surface area contributed by atoms with E-state index in [0.29, 0.717) is 24.2 Å². The second kappa shape index (κ2) is 12.3. The Kier molecular flexibility index (Phi) is 9.27. The van der Waals surface area contributed by atoms with Crippen molar-refractivity contribution in [1.29, 1.82) is 0 Å². The molecule has 2 bridgehead atoms. The van der Waals surface area contributed by atoms with Crippen LogP contribution in [0.3, 0.4) is 0 Å². The summed E-state index contributed by atoms with van der Waals surface area (Å²) in [6.45, 7) is 17.4. The number of ketones is 1. The van der Waals surface area contributed by atoms with Crippen molar-refractivity contribution < 1.29 is 43.5 Å². The number of carbonyl (C=O) groups excluding carboxylic acids is 3. The van der Waals surface area contributed by atoms with Crippen molar-refractivity contribution in [2.75, 3.05) is 13.7 Å². The minimum Gasteiger partial charge on any atom is -0.456 e. The van der Waals surface area contributed by atoms with E-state index in [9.17, 15) is 24.6 Å². The summed E-state index contributed by atoms with van der Waals surface area (Å²) in [5.41, 5.74) is -1.97. The van der Waals surface area contributed by atoms with E-state index in [1.54, 1.807) is 58.2 Å². The smallest absolute Gasteiger partial charge is 0.408 e. The summed E-state index contributed by atoms with van der Waals surface area (Å²) < 4.78 is 23.4. The number of fused-ring (bicyclic) bond motifs is 5. The van der Waals surface area contributed by atoms with Crippen LogP contribution in [-0.2, 0) is 28.5 Å². The first kappa shape index (κ1) is 35.5. The fraction of sp³-hybridized carbons (Fsp3) is 0.703. The van der Waals surface area contributed by atoms with Crippen LogP contribution < -0.4 is 5.32 Å². The van der Waals surface area contributed by atoms with Gasteiger partial charge in [-0.3, -0.25) is 4.79 Å². The van der Waals surface area contributed by atoms with Gasteiger partial charge < -0.3 is 34.5 Å². The van der Waals surface area contributed by atoms with Crippen molar-refractivity contribution in [3.8, 4) is 0 Å².